The van der Waals surface area contributed by atoms with E-state index >= 15 is 0 Å². The molecule has 82 valence electrons. The Morgan fingerprint density at radius 3 is 2.80 bits per heavy atom. The third-order valence-electron chi connectivity index (χ3n) is 2.06. The van der Waals surface area contributed by atoms with E-state index in [0.717, 1.165) is 15.6 Å². The van der Waals surface area contributed by atoms with Gasteiger partial charge in [-0.2, -0.15) is 0 Å². The summed E-state index contributed by atoms with van der Waals surface area (Å²) in [6, 6.07) is 3.71. The number of carbonyl (C=O) groups excluding carboxylic acids is 1. The van der Waals surface area contributed by atoms with E-state index in [1.165, 1.54) is 0 Å². The van der Waals surface area contributed by atoms with Crippen molar-refractivity contribution in [2.45, 2.75) is 20.3 Å². The van der Waals surface area contributed by atoms with Crippen LogP contribution < -0.4 is 5.73 Å². The van der Waals surface area contributed by atoms with Gasteiger partial charge in [0.1, 0.15) is 0 Å². The first-order valence-electron chi connectivity index (χ1n) is 4.74. The molecule has 0 spiro atoms. The molecule has 0 aromatic heterocycles. The highest BCUT2D eigenvalue weighted by Crippen LogP contribution is 2.23. The summed E-state index contributed by atoms with van der Waals surface area (Å²) in [5.74, 6) is -0.245. The summed E-state index contributed by atoms with van der Waals surface area (Å²) in [6.07, 6.45) is 0.230. The lowest BCUT2D eigenvalue weighted by Gasteiger charge is -2.08. The average molecular weight is 272 g/mol. The lowest BCUT2D eigenvalue weighted by Crippen LogP contribution is -2.09. The van der Waals surface area contributed by atoms with Gasteiger partial charge in [0, 0.05) is 10.2 Å². The Hall–Kier alpha value is -1.03. The van der Waals surface area contributed by atoms with Crippen molar-refractivity contribution in [2.75, 3.05) is 12.3 Å². The molecule has 0 saturated carbocycles. The van der Waals surface area contributed by atoms with Gasteiger partial charge in [-0.15, -0.1) is 0 Å². The molecular weight excluding hydrogens is 258 g/mol. The Balaban J connectivity index is 2.86. The van der Waals surface area contributed by atoms with Crippen LogP contribution in [0.2, 0.25) is 0 Å². The summed E-state index contributed by atoms with van der Waals surface area (Å²) >= 11 is 3.38. The number of aryl methyl sites for hydroxylation is 1. The van der Waals surface area contributed by atoms with Gasteiger partial charge in [-0.05, 0) is 31.0 Å². The van der Waals surface area contributed by atoms with E-state index in [-0.39, 0.29) is 12.4 Å². The highest BCUT2D eigenvalue weighted by molar-refractivity contribution is 9.10. The molecule has 0 atom stereocenters. The Morgan fingerprint density at radius 1 is 1.53 bits per heavy atom. The van der Waals surface area contributed by atoms with E-state index < -0.39 is 0 Å². The predicted molar refractivity (Wildman–Crippen MR) is 63.6 cm³/mol. The Kier molecular flexibility index (Phi) is 4.15. The normalized spacial score (nSPS) is 10.1. The van der Waals surface area contributed by atoms with Crippen molar-refractivity contribution in [2.24, 2.45) is 0 Å². The van der Waals surface area contributed by atoms with Gasteiger partial charge in [0.25, 0.3) is 0 Å². The second-order valence-corrected chi connectivity index (χ2v) is 4.14. The molecule has 1 aromatic carbocycles. The summed E-state index contributed by atoms with van der Waals surface area (Å²) in [6.45, 7) is 4.14. The van der Waals surface area contributed by atoms with Crippen molar-refractivity contribution >= 4 is 27.6 Å². The Labute approximate surface area is 97.7 Å². The highest BCUT2D eigenvalue weighted by Gasteiger charge is 2.09. The SMILES string of the molecule is CCOC(=O)Cc1cc(C)c(Br)cc1N. The summed E-state index contributed by atoms with van der Waals surface area (Å²) in [4.78, 5) is 11.3. The second kappa shape index (κ2) is 5.16. The average Bonchev–Trinajstić information content (AvgIpc) is 2.14. The lowest BCUT2D eigenvalue weighted by atomic mass is 10.1. The van der Waals surface area contributed by atoms with Crippen LogP contribution in [0.25, 0.3) is 0 Å². The van der Waals surface area contributed by atoms with E-state index in [4.69, 9.17) is 10.5 Å². The number of nitrogen functional groups attached to an aromatic ring is 1. The van der Waals surface area contributed by atoms with Crippen LogP contribution in [-0.2, 0) is 16.0 Å². The maximum absolute atomic E-state index is 11.3. The Morgan fingerprint density at radius 2 is 2.20 bits per heavy atom. The van der Waals surface area contributed by atoms with Gasteiger partial charge in [0.2, 0.25) is 0 Å². The third kappa shape index (κ3) is 3.23. The van der Waals surface area contributed by atoms with E-state index in [9.17, 15) is 4.79 Å². The van der Waals surface area contributed by atoms with Gasteiger partial charge in [-0.1, -0.05) is 22.0 Å². The highest BCUT2D eigenvalue weighted by atomic mass is 79.9. The van der Waals surface area contributed by atoms with Gasteiger partial charge in [0.15, 0.2) is 0 Å². The minimum atomic E-state index is -0.245. The van der Waals surface area contributed by atoms with Crippen molar-refractivity contribution < 1.29 is 9.53 Å². The molecule has 4 heteroatoms. The molecule has 2 N–H and O–H groups in total. The zero-order chi connectivity index (χ0) is 11.4. The molecule has 0 fully saturated rings. The maximum atomic E-state index is 11.3. The number of ether oxygens (including phenoxy) is 1. The minimum Gasteiger partial charge on any atom is -0.466 e. The van der Waals surface area contributed by atoms with Crippen molar-refractivity contribution in [3.05, 3.63) is 27.7 Å². The van der Waals surface area contributed by atoms with Crippen LogP contribution in [-0.4, -0.2) is 12.6 Å². The summed E-state index contributed by atoms with van der Waals surface area (Å²) < 4.78 is 5.82. The molecule has 0 unspecified atom stereocenters. The molecule has 0 aliphatic carbocycles. The second-order valence-electron chi connectivity index (χ2n) is 3.28. The van der Waals surface area contributed by atoms with Crippen molar-refractivity contribution in [1.82, 2.24) is 0 Å². The zero-order valence-electron chi connectivity index (χ0n) is 8.84. The molecule has 1 aromatic rings. The molecule has 3 nitrogen and oxygen atoms in total. The van der Waals surface area contributed by atoms with E-state index in [2.05, 4.69) is 15.9 Å². The zero-order valence-corrected chi connectivity index (χ0v) is 10.4. The molecule has 0 amide bonds. The number of esters is 1. The largest absolute Gasteiger partial charge is 0.466 e. The van der Waals surface area contributed by atoms with Gasteiger partial charge in [0.05, 0.1) is 13.0 Å². The third-order valence-corrected chi connectivity index (χ3v) is 2.91. The van der Waals surface area contributed by atoms with E-state index in [1.807, 2.05) is 19.1 Å². The smallest absolute Gasteiger partial charge is 0.310 e. The maximum Gasteiger partial charge on any atom is 0.310 e. The molecule has 0 saturated heterocycles. The van der Waals surface area contributed by atoms with Crippen LogP contribution in [0.15, 0.2) is 16.6 Å². The lowest BCUT2D eigenvalue weighted by molar-refractivity contribution is -0.142. The van der Waals surface area contributed by atoms with Crippen molar-refractivity contribution in [3.8, 4) is 0 Å². The van der Waals surface area contributed by atoms with Crippen molar-refractivity contribution in [3.63, 3.8) is 0 Å². The molecule has 1 rings (SSSR count). The number of carbonyl (C=O) groups is 1. The standard InChI is InChI=1S/C11H14BrNO2/c1-3-15-11(14)5-8-4-7(2)9(12)6-10(8)13/h4,6H,3,5,13H2,1-2H3. The summed E-state index contributed by atoms with van der Waals surface area (Å²) in [5.41, 5.74) is 8.28. The molecule has 0 heterocycles. The number of benzene rings is 1. The van der Waals surface area contributed by atoms with Crippen LogP contribution in [0, 0.1) is 6.92 Å². The first kappa shape index (κ1) is 12.0. The predicted octanol–water partition coefficient (Wildman–Crippen LogP) is 2.45. The molecular formula is C11H14BrNO2. The van der Waals surface area contributed by atoms with Crippen LogP contribution in [0.1, 0.15) is 18.1 Å². The number of anilines is 1. The van der Waals surface area contributed by atoms with Crippen LogP contribution in [0.3, 0.4) is 0 Å². The minimum absolute atomic E-state index is 0.230. The van der Waals surface area contributed by atoms with Gasteiger partial charge >= 0.3 is 5.97 Å². The molecule has 0 radical (unpaired) electrons. The van der Waals surface area contributed by atoms with E-state index in [1.54, 1.807) is 6.92 Å². The molecule has 0 aliphatic rings. The van der Waals surface area contributed by atoms with Gasteiger partial charge in [-0.25, -0.2) is 0 Å². The summed E-state index contributed by atoms with van der Waals surface area (Å²) in [7, 11) is 0. The monoisotopic (exact) mass is 271 g/mol. The number of rotatable bonds is 3. The first-order chi connectivity index (χ1) is 7.04. The topological polar surface area (TPSA) is 52.3 Å². The number of hydrogen-bond donors (Lipinski definition) is 1. The fourth-order valence-corrected chi connectivity index (χ4v) is 1.64. The van der Waals surface area contributed by atoms with Crippen LogP contribution in [0.5, 0.6) is 0 Å². The van der Waals surface area contributed by atoms with Crippen molar-refractivity contribution in [1.29, 1.82) is 0 Å². The van der Waals surface area contributed by atoms with Crippen LogP contribution >= 0.6 is 15.9 Å². The number of hydrogen-bond acceptors (Lipinski definition) is 3. The fourth-order valence-electron chi connectivity index (χ4n) is 1.28. The summed E-state index contributed by atoms with van der Waals surface area (Å²) in [5, 5.41) is 0. The fraction of sp³-hybridized carbons (Fsp3) is 0.364. The van der Waals surface area contributed by atoms with Crippen LogP contribution in [0.4, 0.5) is 5.69 Å². The number of nitrogens with two attached hydrogens (primary N) is 1. The first-order valence-corrected chi connectivity index (χ1v) is 5.54. The molecule has 0 bridgehead atoms. The Bertz CT molecular complexity index is 377. The molecule has 15 heavy (non-hydrogen) atoms. The molecule has 0 aliphatic heterocycles. The quantitative estimate of drug-likeness (QED) is 0.679. The number of halogens is 1. The van der Waals surface area contributed by atoms with E-state index in [0.29, 0.717) is 12.3 Å². The van der Waals surface area contributed by atoms with Gasteiger partial charge < -0.3 is 10.5 Å². The van der Waals surface area contributed by atoms with Gasteiger partial charge in [-0.3, -0.25) is 4.79 Å².